The van der Waals surface area contributed by atoms with Gasteiger partial charge in [-0.05, 0) is 25.5 Å². The number of benzene rings is 1. The van der Waals surface area contributed by atoms with Crippen molar-refractivity contribution in [1.29, 1.82) is 5.41 Å². The molecule has 0 saturated carbocycles. The minimum absolute atomic E-state index is 0.201. The zero-order valence-electron chi connectivity index (χ0n) is 10.6. The van der Waals surface area contributed by atoms with Crippen molar-refractivity contribution in [3.63, 3.8) is 0 Å². The summed E-state index contributed by atoms with van der Waals surface area (Å²) in [7, 11) is 0. The highest BCUT2D eigenvalue weighted by Crippen LogP contribution is 2.25. The molecule has 5 nitrogen and oxygen atoms in total. The fourth-order valence-corrected chi connectivity index (χ4v) is 2.23. The van der Waals surface area contributed by atoms with Crippen LogP contribution in [-0.4, -0.2) is 10.4 Å². The first-order valence-corrected chi connectivity index (χ1v) is 5.88. The number of aryl methyl sites for hydroxylation is 2. The molecule has 3 N–H and O–H groups in total. The van der Waals surface area contributed by atoms with E-state index in [0.29, 0.717) is 6.42 Å². The van der Waals surface area contributed by atoms with E-state index < -0.39 is 0 Å². The third-order valence-electron chi connectivity index (χ3n) is 3.30. The lowest BCUT2D eigenvalue weighted by atomic mass is 10.2. The summed E-state index contributed by atoms with van der Waals surface area (Å²) < 4.78 is 2.21. The molecule has 18 heavy (non-hydrogen) atoms. The largest absolute Gasteiger partial charge is 0.344 e. The lowest BCUT2D eigenvalue weighted by molar-refractivity contribution is 0.723. The fourth-order valence-electron chi connectivity index (χ4n) is 2.23. The van der Waals surface area contributed by atoms with Crippen LogP contribution in [0.25, 0.3) is 10.9 Å². The monoisotopic (exact) mass is 243 g/mol. The lowest BCUT2D eigenvalue weighted by Crippen LogP contribution is -2.05. The molecule has 94 valence electrons. The average Bonchev–Trinajstić information content (AvgIpc) is 2.61. The molecule has 0 fully saturated rings. The summed E-state index contributed by atoms with van der Waals surface area (Å²) in [5.74, 6) is 5.13. The van der Waals surface area contributed by atoms with E-state index in [1.54, 1.807) is 0 Å². The molecule has 0 aliphatic heterocycles. The summed E-state index contributed by atoms with van der Waals surface area (Å²) in [4.78, 5) is 0. The van der Waals surface area contributed by atoms with Crippen molar-refractivity contribution in [1.82, 2.24) is 4.57 Å². The van der Waals surface area contributed by atoms with Crippen LogP contribution in [0.4, 0.5) is 0 Å². The molecule has 1 heterocycles. The summed E-state index contributed by atoms with van der Waals surface area (Å²) in [6.45, 7) is 4.94. The van der Waals surface area contributed by atoms with Crippen molar-refractivity contribution in [3.05, 3.63) is 35.5 Å². The van der Waals surface area contributed by atoms with Gasteiger partial charge in [0.05, 0.1) is 0 Å². The van der Waals surface area contributed by atoms with E-state index >= 15 is 0 Å². The topological polar surface area (TPSA) is 79.5 Å². The van der Waals surface area contributed by atoms with Gasteiger partial charge >= 0.3 is 0 Å². The summed E-state index contributed by atoms with van der Waals surface area (Å²) in [5.41, 5.74) is 3.72. The third kappa shape index (κ3) is 2.11. The van der Waals surface area contributed by atoms with Crippen molar-refractivity contribution in [2.24, 2.45) is 16.2 Å². The van der Waals surface area contributed by atoms with Gasteiger partial charge < -0.3 is 10.4 Å². The molecule has 2 rings (SSSR count). The number of fused-ring (bicyclic) bond motifs is 1. The minimum Gasteiger partial charge on any atom is -0.344 e. The summed E-state index contributed by atoms with van der Waals surface area (Å²) in [5, 5.41) is 15.5. The van der Waals surface area contributed by atoms with Crippen LogP contribution in [0.1, 0.15) is 17.7 Å². The molecule has 0 bridgehead atoms. The molecular weight excluding hydrogens is 226 g/mol. The van der Waals surface area contributed by atoms with E-state index in [1.807, 2.05) is 12.1 Å². The molecule has 0 amide bonds. The molecule has 0 saturated heterocycles. The average molecular weight is 243 g/mol. The van der Waals surface area contributed by atoms with E-state index in [1.165, 1.54) is 22.2 Å². The Kier molecular flexibility index (Phi) is 3.41. The molecular formula is C13H17N5. The molecule has 1 aromatic carbocycles. The number of amidine groups is 1. The first kappa shape index (κ1) is 12.3. The Bertz CT molecular complexity index is 609. The Hall–Kier alpha value is -2.17. The van der Waals surface area contributed by atoms with Crippen LogP contribution in [0.2, 0.25) is 0 Å². The smallest absolute Gasteiger partial charge is 0.146 e. The Balaban J connectivity index is 2.33. The molecule has 5 heteroatoms. The van der Waals surface area contributed by atoms with E-state index in [4.69, 9.17) is 11.3 Å². The lowest BCUT2D eigenvalue weighted by Gasteiger charge is -2.07. The number of hydrogen-bond acceptors (Lipinski definition) is 2. The van der Waals surface area contributed by atoms with Crippen molar-refractivity contribution in [3.8, 4) is 0 Å². The van der Waals surface area contributed by atoms with Crippen molar-refractivity contribution < 1.29 is 0 Å². The quantitative estimate of drug-likeness (QED) is 0.281. The number of aromatic nitrogens is 1. The van der Waals surface area contributed by atoms with Crippen LogP contribution >= 0.6 is 0 Å². The van der Waals surface area contributed by atoms with Gasteiger partial charge in [0.15, 0.2) is 0 Å². The Morgan fingerprint density at radius 1 is 1.33 bits per heavy atom. The minimum atomic E-state index is 0.201. The first-order valence-electron chi connectivity index (χ1n) is 5.88. The summed E-state index contributed by atoms with van der Waals surface area (Å²) in [6, 6.07) is 8.30. The van der Waals surface area contributed by atoms with Crippen LogP contribution in [0.3, 0.4) is 0 Å². The zero-order chi connectivity index (χ0) is 13.1. The van der Waals surface area contributed by atoms with Crippen LogP contribution in [-0.2, 0) is 6.54 Å². The van der Waals surface area contributed by atoms with Gasteiger partial charge in [-0.1, -0.05) is 23.4 Å². The fraction of sp³-hybridized carbons (Fsp3) is 0.308. The number of hydrogen-bond donors (Lipinski definition) is 2. The molecule has 1 aromatic heterocycles. The van der Waals surface area contributed by atoms with Crippen LogP contribution in [0.15, 0.2) is 34.6 Å². The highest BCUT2D eigenvalue weighted by molar-refractivity contribution is 5.85. The number of para-hydroxylation sites is 1. The van der Waals surface area contributed by atoms with E-state index in [0.717, 1.165) is 6.54 Å². The molecule has 0 atom stereocenters. The molecule has 2 aromatic rings. The Morgan fingerprint density at radius 2 is 2.06 bits per heavy atom. The van der Waals surface area contributed by atoms with Crippen molar-refractivity contribution >= 4 is 16.7 Å². The second-order valence-electron chi connectivity index (χ2n) is 4.29. The molecule has 0 radical (unpaired) electrons. The van der Waals surface area contributed by atoms with Gasteiger partial charge in [-0.15, -0.1) is 5.11 Å². The summed E-state index contributed by atoms with van der Waals surface area (Å²) in [6.07, 6.45) is 0.527. The maximum Gasteiger partial charge on any atom is 0.146 e. The van der Waals surface area contributed by atoms with Crippen molar-refractivity contribution in [2.45, 2.75) is 26.8 Å². The highest BCUT2D eigenvalue weighted by atomic mass is 15.3. The summed E-state index contributed by atoms with van der Waals surface area (Å²) >= 11 is 0. The maximum atomic E-state index is 7.57. The van der Waals surface area contributed by atoms with E-state index in [-0.39, 0.29) is 5.84 Å². The maximum absolute atomic E-state index is 7.57. The second-order valence-corrected chi connectivity index (χ2v) is 4.29. The highest BCUT2D eigenvalue weighted by Gasteiger charge is 2.10. The number of rotatable bonds is 3. The molecule has 0 unspecified atom stereocenters. The predicted molar refractivity (Wildman–Crippen MR) is 72.8 cm³/mol. The van der Waals surface area contributed by atoms with Gasteiger partial charge in [0.2, 0.25) is 0 Å². The van der Waals surface area contributed by atoms with Gasteiger partial charge in [-0.2, -0.15) is 0 Å². The van der Waals surface area contributed by atoms with Crippen molar-refractivity contribution in [2.75, 3.05) is 0 Å². The second kappa shape index (κ2) is 5.00. The number of nitrogens with two attached hydrogens (primary N) is 1. The standard InChI is InChI=1S/C13H17N5/c1-9-10(2)18(8-7-13(14)16-17-15)12-6-4-3-5-11(9)12/h3-6H,7-8H2,1-2H3,(H3,14,15,16). The first-order chi connectivity index (χ1) is 8.65. The molecule has 0 aliphatic rings. The van der Waals surface area contributed by atoms with Gasteiger partial charge in [-0.3, -0.25) is 5.41 Å². The molecule has 0 aliphatic carbocycles. The zero-order valence-corrected chi connectivity index (χ0v) is 10.6. The normalized spacial score (nSPS) is 11.4. The number of nitrogens with one attached hydrogen (secondary N) is 1. The van der Waals surface area contributed by atoms with E-state index in [2.05, 4.69) is 40.9 Å². The van der Waals surface area contributed by atoms with Crippen LogP contribution in [0, 0.1) is 19.3 Å². The Labute approximate surface area is 106 Å². The van der Waals surface area contributed by atoms with Gasteiger partial charge in [-0.25, -0.2) is 0 Å². The third-order valence-corrected chi connectivity index (χ3v) is 3.30. The van der Waals surface area contributed by atoms with Crippen LogP contribution in [0.5, 0.6) is 0 Å². The van der Waals surface area contributed by atoms with Gasteiger partial charge in [0.25, 0.3) is 0 Å². The number of nitrogens with zero attached hydrogens (tertiary/aromatic N) is 3. The SMILES string of the molecule is Cc1c(C)n(CCC(=N)/N=N\N)c2ccccc12. The van der Waals surface area contributed by atoms with Crippen LogP contribution < -0.4 is 5.84 Å². The Morgan fingerprint density at radius 3 is 2.78 bits per heavy atom. The van der Waals surface area contributed by atoms with Gasteiger partial charge in [0, 0.05) is 29.6 Å². The van der Waals surface area contributed by atoms with E-state index in [9.17, 15) is 0 Å². The van der Waals surface area contributed by atoms with Gasteiger partial charge in [0.1, 0.15) is 5.84 Å². The molecule has 0 spiro atoms. The predicted octanol–water partition coefficient (Wildman–Crippen LogP) is 2.95.